The minimum absolute atomic E-state index is 0.247. The van der Waals surface area contributed by atoms with Gasteiger partial charge in [-0.05, 0) is 42.4 Å². The van der Waals surface area contributed by atoms with Gasteiger partial charge in [-0.3, -0.25) is 0 Å². The highest BCUT2D eigenvalue weighted by Crippen LogP contribution is 2.29. The number of benzene rings is 1. The molecule has 0 radical (unpaired) electrons. The molecule has 1 saturated carbocycles. The Bertz CT molecular complexity index is 356. The maximum absolute atomic E-state index is 13.5. The van der Waals surface area contributed by atoms with Crippen LogP contribution in [0.25, 0.3) is 0 Å². The van der Waals surface area contributed by atoms with Gasteiger partial charge in [-0.25, -0.2) is 4.39 Å². The first-order valence-electron chi connectivity index (χ1n) is 6.09. The summed E-state index contributed by atoms with van der Waals surface area (Å²) in [5.41, 5.74) is 1.13. The van der Waals surface area contributed by atoms with E-state index in [1.807, 2.05) is 12.1 Å². The van der Waals surface area contributed by atoms with Gasteiger partial charge in [-0.1, -0.05) is 26.3 Å². The van der Waals surface area contributed by atoms with E-state index in [1.165, 1.54) is 25.3 Å². The zero-order chi connectivity index (χ0) is 11.5. The van der Waals surface area contributed by atoms with Crippen LogP contribution < -0.4 is 4.74 Å². The third-order valence-corrected chi connectivity index (χ3v) is 3.32. The van der Waals surface area contributed by atoms with E-state index in [2.05, 4.69) is 13.8 Å². The van der Waals surface area contributed by atoms with Crippen LogP contribution >= 0.6 is 0 Å². The number of hydrogen-bond donors (Lipinski definition) is 0. The van der Waals surface area contributed by atoms with Crippen molar-refractivity contribution in [2.24, 2.45) is 5.92 Å². The number of rotatable bonds is 4. The van der Waals surface area contributed by atoms with Gasteiger partial charge in [0.15, 0.2) is 11.6 Å². The summed E-state index contributed by atoms with van der Waals surface area (Å²) in [6, 6.07) is 5.17. The fraction of sp³-hybridized carbons (Fsp3) is 0.571. The van der Waals surface area contributed by atoms with Gasteiger partial charge in [0, 0.05) is 0 Å². The molecule has 1 nitrogen and oxygen atoms in total. The largest absolute Gasteiger partial charge is 0.490 e. The van der Waals surface area contributed by atoms with Crippen LogP contribution in [0, 0.1) is 11.7 Å². The second kappa shape index (κ2) is 4.86. The van der Waals surface area contributed by atoms with Crippen molar-refractivity contribution in [1.29, 1.82) is 0 Å². The minimum atomic E-state index is -0.247. The summed E-state index contributed by atoms with van der Waals surface area (Å²) in [7, 11) is 0. The summed E-state index contributed by atoms with van der Waals surface area (Å²) in [4.78, 5) is 0. The lowest BCUT2D eigenvalue weighted by Gasteiger charge is -2.25. The molecule has 1 aliphatic carbocycles. The van der Waals surface area contributed by atoms with Crippen molar-refractivity contribution in [1.82, 2.24) is 0 Å². The molecule has 0 saturated heterocycles. The normalized spacial score (nSPS) is 16.2. The molecule has 0 aromatic heterocycles. The molecule has 0 amide bonds. The second-order valence-corrected chi connectivity index (χ2v) is 4.95. The number of halogens is 1. The number of ether oxygens (including phenoxy) is 1. The molecule has 1 fully saturated rings. The summed E-state index contributed by atoms with van der Waals surface area (Å²) in [5, 5.41) is 0. The molecule has 1 aromatic rings. The van der Waals surface area contributed by atoms with Crippen LogP contribution in [0.4, 0.5) is 4.39 Å². The highest BCUT2D eigenvalue weighted by molar-refractivity contribution is 5.32. The highest BCUT2D eigenvalue weighted by atomic mass is 19.1. The van der Waals surface area contributed by atoms with Crippen LogP contribution in [-0.2, 0) is 0 Å². The van der Waals surface area contributed by atoms with Gasteiger partial charge < -0.3 is 4.74 Å². The standard InChI is InChI=1S/C14H19FO/c1-10(2)12-6-7-13(15)14(8-12)16-9-11-4-3-5-11/h6-8,10-11H,3-5,9H2,1-2H3. The molecule has 1 aromatic carbocycles. The lowest BCUT2D eigenvalue weighted by molar-refractivity contribution is 0.175. The quantitative estimate of drug-likeness (QED) is 0.744. The Kier molecular flexibility index (Phi) is 3.47. The predicted molar refractivity (Wildman–Crippen MR) is 63.3 cm³/mol. The van der Waals surface area contributed by atoms with Gasteiger partial charge in [0.2, 0.25) is 0 Å². The third-order valence-electron chi connectivity index (χ3n) is 3.32. The Labute approximate surface area is 96.6 Å². The second-order valence-electron chi connectivity index (χ2n) is 4.95. The van der Waals surface area contributed by atoms with Crippen molar-refractivity contribution in [2.75, 3.05) is 6.61 Å². The van der Waals surface area contributed by atoms with Crippen LogP contribution in [0.5, 0.6) is 5.75 Å². The van der Waals surface area contributed by atoms with Gasteiger partial charge in [0.25, 0.3) is 0 Å². The molecule has 0 heterocycles. The van der Waals surface area contributed by atoms with Crippen LogP contribution in [0.3, 0.4) is 0 Å². The van der Waals surface area contributed by atoms with Crippen LogP contribution in [0.15, 0.2) is 18.2 Å². The van der Waals surface area contributed by atoms with Crippen LogP contribution in [0.1, 0.15) is 44.6 Å². The van der Waals surface area contributed by atoms with Crippen LogP contribution in [0.2, 0.25) is 0 Å². The molecule has 88 valence electrons. The van der Waals surface area contributed by atoms with E-state index >= 15 is 0 Å². The molecular formula is C14H19FO. The van der Waals surface area contributed by atoms with E-state index in [0.29, 0.717) is 24.2 Å². The molecular weight excluding hydrogens is 203 g/mol. The summed E-state index contributed by atoms with van der Waals surface area (Å²) in [5.74, 6) is 1.22. The van der Waals surface area contributed by atoms with Crippen molar-refractivity contribution in [2.45, 2.75) is 39.0 Å². The number of hydrogen-bond acceptors (Lipinski definition) is 1. The first-order chi connectivity index (χ1) is 7.66. The van der Waals surface area contributed by atoms with Gasteiger partial charge in [0.05, 0.1) is 6.61 Å². The van der Waals surface area contributed by atoms with E-state index < -0.39 is 0 Å². The summed E-state index contributed by atoms with van der Waals surface area (Å²) in [6.45, 7) is 4.87. The maximum Gasteiger partial charge on any atom is 0.165 e. The molecule has 0 bridgehead atoms. The first kappa shape index (κ1) is 11.4. The maximum atomic E-state index is 13.5. The minimum Gasteiger partial charge on any atom is -0.490 e. The SMILES string of the molecule is CC(C)c1ccc(F)c(OCC2CCC2)c1. The molecule has 0 spiro atoms. The van der Waals surface area contributed by atoms with Crippen LogP contribution in [-0.4, -0.2) is 6.61 Å². The fourth-order valence-electron chi connectivity index (χ4n) is 1.86. The smallest absolute Gasteiger partial charge is 0.165 e. The van der Waals surface area contributed by atoms with E-state index in [9.17, 15) is 4.39 Å². The fourth-order valence-corrected chi connectivity index (χ4v) is 1.86. The molecule has 0 aliphatic heterocycles. The topological polar surface area (TPSA) is 9.23 Å². The molecule has 2 heteroatoms. The van der Waals surface area contributed by atoms with Gasteiger partial charge >= 0.3 is 0 Å². The molecule has 2 rings (SSSR count). The summed E-state index contributed by atoms with van der Waals surface area (Å²) in [6.07, 6.45) is 3.75. The zero-order valence-corrected chi connectivity index (χ0v) is 10.0. The summed E-state index contributed by atoms with van der Waals surface area (Å²) >= 11 is 0. The molecule has 0 N–H and O–H groups in total. The molecule has 0 unspecified atom stereocenters. The van der Waals surface area contributed by atoms with Gasteiger partial charge in [0.1, 0.15) is 0 Å². The van der Waals surface area contributed by atoms with E-state index in [-0.39, 0.29) is 5.82 Å². The predicted octanol–water partition coefficient (Wildman–Crippen LogP) is 4.13. The van der Waals surface area contributed by atoms with Gasteiger partial charge in [-0.2, -0.15) is 0 Å². The average Bonchev–Trinajstić information content (AvgIpc) is 2.18. The van der Waals surface area contributed by atoms with Crippen molar-refractivity contribution in [3.05, 3.63) is 29.6 Å². The lowest BCUT2D eigenvalue weighted by atomic mass is 9.86. The van der Waals surface area contributed by atoms with E-state index in [1.54, 1.807) is 0 Å². The van der Waals surface area contributed by atoms with E-state index in [4.69, 9.17) is 4.74 Å². The van der Waals surface area contributed by atoms with Crippen molar-refractivity contribution >= 4 is 0 Å². The van der Waals surface area contributed by atoms with Crippen molar-refractivity contribution < 1.29 is 9.13 Å². The van der Waals surface area contributed by atoms with E-state index in [0.717, 1.165) is 5.56 Å². The van der Waals surface area contributed by atoms with Crippen molar-refractivity contribution in [3.8, 4) is 5.75 Å². The van der Waals surface area contributed by atoms with Crippen molar-refractivity contribution in [3.63, 3.8) is 0 Å². The highest BCUT2D eigenvalue weighted by Gasteiger charge is 2.18. The molecule has 0 atom stereocenters. The summed E-state index contributed by atoms with van der Waals surface area (Å²) < 4.78 is 19.0. The lowest BCUT2D eigenvalue weighted by Crippen LogP contribution is -2.19. The molecule has 16 heavy (non-hydrogen) atoms. The third kappa shape index (κ3) is 2.55. The first-order valence-corrected chi connectivity index (χ1v) is 6.09. The Morgan fingerprint density at radius 1 is 1.38 bits per heavy atom. The zero-order valence-electron chi connectivity index (χ0n) is 10.0. The molecule has 1 aliphatic rings. The van der Waals surface area contributed by atoms with Gasteiger partial charge in [-0.15, -0.1) is 0 Å². The monoisotopic (exact) mass is 222 g/mol. The Hall–Kier alpha value is -1.05. The Morgan fingerprint density at radius 3 is 2.69 bits per heavy atom. The average molecular weight is 222 g/mol. The Morgan fingerprint density at radius 2 is 2.12 bits per heavy atom. The Balaban J connectivity index is 2.02.